The molecule has 3 aromatic rings. The fraction of sp³-hybridized carbons (Fsp3) is 0.250. The SMILES string of the molecule is Cc1cccc(-c2nc(C(C)C)no2)c1NC(=O)c1cc([N+](=O)[O-])cc([N+](=O)[O-])c1C. The largest absolute Gasteiger partial charge is 0.334 e. The minimum Gasteiger partial charge on any atom is -0.334 e. The topological polar surface area (TPSA) is 154 Å². The van der Waals surface area contributed by atoms with Crippen molar-refractivity contribution in [2.45, 2.75) is 33.6 Å². The smallest absolute Gasteiger partial charge is 0.279 e. The zero-order valence-electron chi connectivity index (χ0n) is 17.2. The van der Waals surface area contributed by atoms with Crippen LogP contribution in [0.5, 0.6) is 0 Å². The summed E-state index contributed by atoms with van der Waals surface area (Å²) in [6, 6.07) is 7.03. The van der Waals surface area contributed by atoms with Crippen molar-refractivity contribution in [2.75, 3.05) is 5.32 Å². The number of nitro groups is 2. The lowest BCUT2D eigenvalue weighted by atomic mass is 10.0. The van der Waals surface area contributed by atoms with Crippen LogP contribution in [-0.2, 0) is 0 Å². The number of nitrogens with one attached hydrogen (secondary N) is 1. The van der Waals surface area contributed by atoms with Gasteiger partial charge in [0.05, 0.1) is 32.7 Å². The lowest BCUT2D eigenvalue weighted by Crippen LogP contribution is -2.16. The number of aryl methyl sites for hydroxylation is 1. The third-order valence-electron chi connectivity index (χ3n) is 4.72. The van der Waals surface area contributed by atoms with Gasteiger partial charge in [-0.15, -0.1) is 0 Å². The van der Waals surface area contributed by atoms with E-state index in [9.17, 15) is 25.0 Å². The van der Waals surface area contributed by atoms with E-state index in [2.05, 4.69) is 15.5 Å². The van der Waals surface area contributed by atoms with E-state index in [0.717, 1.165) is 12.1 Å². The molecule has 11 heteroatoms. The third-order valence-corrected chi connectivity index (χ3v) is 4.72. The summed E-state index contributed by atoms with van der Waals surface area (Å²) in [6.45, 7) is 6.93. The van der Waals surface area contributed by atoms with Crippen molar-refractivity contribution in [1.29, 1.82) is 0 Å². The Hall–Kier alpha value is -4.15. The maximum absolute atomic E-state index is 13.0. The van der Waals surface area contributed by atoms with Gasteiger partial charge in [0.15, 0.2) is 5.82 Å². The minimum atomic E-state index is -0.783. The second-order valence-electron chi connectivity index (χ2n) is 7.22. The molecule has 31 heavy (non-hydrogen) atoms. The van der Waals surface area contributed by atoms with Crippen molar-refractivity contribution >= 4 is 23.0 Å². The molecule has 1 aromatic heterocycles. The molecule has 0 bridgehead atoms. The van der Waals surface area contributed by atoms with Gasteiger partial charge in [-0.3, -0.25) is 25.0 Å². The first-order valence-electron chi connectivity index (χ1n) is 9.28. The Bertz CT molecular complexity index is 1200. The van der Waals surface area contributed by atoms with Crippen LogP contribution in [-0.4, -0.2) is 25.9 Å². The number of nitro benzene ring substituents is 2. The Morgan fingerprint density at radius 1 is 1.13 bits per heavy atom. The van der Waals surface area contributed by atoms with E-state index < -0.39 is 27.1 Å². The van der Waals surface area contributed by atoms with Gasteiger partial charge in [0.25, 0.3) is 23.2 Å². The van der Waals surface area contributed by atoms with Crippen LogP contribution in [0.25, 0.3) is 11.5 Å². The quantitative estimate of drug-likeness (QED) is 0.445. The Morgan fingerprint density at radius 2 is 1.84 bits per heavy atom. The molecule has 0 aliphatic heterocycles. The molecule has 0 fully saturated rings. The first-order valence-corrected chi connectivity index (χ1v) is 9.28. The maximum Gasteiger partial charge on any atom is 0.279 e. The van der Waals surface area contributed by atoms with Crippen LogP contribution >= 0.6 is 0 Å². The molecule has 0 saturated heterocycles. The van der Waals surface area contributed by atoms with Crippen LogP contribution in [0.2, 0.25) is 0 Å². The second kappa shape index (κ2) is 8.30. The van der Waals surface area contributed by atoms with Gasteiger partial charge in [-0.2, -0.15) is 4.98 Å². The normalized spacial score (nSPS) is 10.9. The highest BCUT2D eigenvalue weighted by Gasteiger charge is 2.26. The maximum atomic E-state index is 13.0. The number of carbonyl (C=O) groups is 1. The summed E-state index contributed by atoms with van der Waals surface area (Å²) in [5.41, 5.74) is 0.276. The zero-order chi connectivity index (χ0) is 22.9. The molecule has 2 aromatic carbocycles. The highest BCUT2D eigenvalue weighted by molar-refractivity contribution is 6.08. The predicted octanol–water partition coefficient (Wildman–Crippen LogP) is 4.55. The number of aromatic nitrogens is 2. The first kappa shape index (κ1) is 21.6. The summed E-state index contributed by atoms with van der Waals surface area (Å²) >= 11 is 0. The van der Waals surface area contributed by atoms with Gasteiger partial charge in [-0.05, 0) is 25.5 Å². The first-order chi connectivity index (χ1) is 14.6. The molecule has 0 spiro atoms. The average Bonchev–Trinajstić information content (AvgIpc) is 3.19. The molecule has 160 valence electrons. The summed E-state index contributed by atoms with van der Waals surface area (Å²) in [7, 11) is 0. The zero-order valence-corrected chi connectivity index (χ0v) is 17.2. The van der Waals surface area contributed by atoms with E-state index in [1.807, 2.05) is 13.8 Å². The van der Waals surface area contributed by atoms with Crippen molar-refractivity contribution in [2.24, 2.45) is 0 Å². The fourth-order valence-corrected chi connectivity index (χ4v) is 2.99. The van der Waals surface area contributed by atoms with Crippen LogP contribution < -0.4 is 5.32 Å². The van der Waals surface area contributed by atoms with Crippen LogP contribution in [0.1, 0.15) is 47.1 Å². The monoisotopic (exact) mass is 425 g/mol. The van der Waals surface area contributed by atoms with Crippen LogP contribution in [0.4, 0.5) is 17.1 Å². The summed E-state index contributed by atoms with van der Waals surface area (Å²) in [4.78, 5) is 38.3. The van der Waals surface area contributed by atoms with Gasteiger partial charge < -0.3 is 9.84 Å². The Kier molecular flexibility index (Phi) is 5.77. The van der Waals surface area contributed by atoms with E-state index >= 15 is 0 Å². The predicted molar refractivity (Wildman–Crippen MR) is 111 cm³/mol. The second-order valence-corrected chi connectivity index (χ2v) is 7.22. The highest BCUT2D eigenvalue weighted by atomic mass is 16.6. The molecule has 1 heterocycles. The molecule has 1 amide bonds. The van der Waals surface area contributed by atoms with Crippen molar-refractivity contribution in [3.05, 3.63) is 73.1 Å². The standard InChI is InChI=1S/C20H19N5O6/c1-10(2)18-22-20(31-23-18)14-7-5-6-11(3)17(14)21-19(26)15-8-13(24(27)28)9-16(12(15)4)25(29)30/h5-10H,1-4H3,(H,21,26). The van der Waals surface area contributed by atoms with E-state index in [1.54, 1.807) is 25.1 Å². The molecular weight excluding hydrogens is 406 g/mol. The number of hydrogen-bond acceptors (Lipinski definition) is 8. The molecule has 0 aliphatic rings. The van der Waals surface area contributed by atoms with Gasteiger partial charge in [0, 0.05) is 17.5 Å². The number of benzene rings is 2. The van der Waals surface area contributed by atoms with Crippen molar-refractivity contribution in [3.63, 3.8) is 0 Å². The number of anilines is 1. The highest BCUT2D eigenvalue weighted by Crippen LogP contribution is 2.33. The molecule has 0 atom stereocenters. The van der Waals surface area contributed by atoms with E-state index in [1.165, 1.54) is 6.92 Å². The Morgan fingerprint density at radius 3 is 2.42 bits per heavy atom. The molecule has 0 unspecified atom stereocenters. The average molecular weight is 425 g/mol. The number of carbonyl (C=O) groups excluding carboxylic acids is 1. The number of non-ortho nitro benzene ring substituents is 1. The van der Waals surface area contributed by atoms with Crippen molar-refractivity contribution in [1.82, 2.24) is 10.1 Å². The van der Waals surface area contributed by atoms with Crippen molar-refractivity contribution in [3.8, 4) is 11.5 Å². The van der Waals surface area contributed by atoms with Gasteiger partial charge in [0.1, 0.15) is 0 Å². The third kappa shape index (κ3) is 4.25. The summed E-state index contributed by atoms with van der Waals surface area (Å²) in [5.74, 6) is 0.000228. The van der Waals surface area contributed by atoms with Crippen LogP contribution in [0.3, 0.4) is 0 Å². The Labute approximate surface area is 176 Å². The summed E-state index contributed by atoms with van der Waals surface area (Å²) in [6.07, 6.45) is 0. The van der Waals surface area contributed by atoms with Crippen LogP contribution in [0, 0.1) is 34.1 Å². The van der Waals surface area contributed by atoms with Gasteiger partial charge in [0.2, 0.25) is 0 Å². The minimum absolute atomic E-state index is 0.0168. The number of hydrogen-bond donors (Lipinski definition) is 1. The number of amides is 1. The summed E-state index contributed by atoms with van der Waals surface area (Å²) < 4.78 is 5.33. The van der Waals surface area contributed by atoms with E-state index in [0.29, 0.717) is 22.6 Å². The van der Waals surface area contributed by atoms with Gasteiger partial charge in [-0.25, -0.2) is 0 Å². The molecule has 0 aliphatic carbocycles. The van der Waals surface area contributed by atoms with Crippen LogP contribution in [0.15, 0.2) is 34.9 Å². The number of rotatable bonds is 6. The Balaban J connectivity index is 2.07. The lowest BCUT2D eigenvalue weighted by molar-refractivity contribution is -0.394. The van der Waals surface area contributed by atoms with E-state index in [4.69, 9.17) is 4.52 Å². The molecule has 3 rings (SSSR count). The molecule has 0 saturated carbocycles. The number of nitrogens with zero attached hydrogens (tertiary/aromatic N) is 4. The molecule has 11 nitrogen and oxygen atoms in total. The summed E-state index contributed by atoms with van der Waals surface area (Å²) in [5, 5.41) is 29.1. The fourth-order valence-electron chi connectivity index (χ4n) is 2.99. The molecule has 0 radical (unpaired) electrons. The van der Waals surface area contributed by atoms with E-state index in [-0.39, 0.29) is 22.9 Å². The lowest BCUT2D eigenvalue weighted by Gasteiger charge is -2.13. The molecule has 1 N–H and O–H groups in total. The molecular formula is C20H19N5O6. The number of para-hydroxylation sites is 1. The van der Waals surface area contributed by atoms with Crippen molar-refractivity contribution < 1.29 is 19.2 Å². The van der Waals surface area contributed by atoms with Gasteiger partial charge in [-0.1, -0.05) is 31.1 Å². The van der Waals surface area contributed by atoms with Gasteiger partial charge >= 0.3 is 0 Å².